The number of nitrogens with one attached hydrogen (secondary N) is 1. The second-order valence-corrected chi connectivity index (χ2v) is 10.3. The number of pyridine rings is 1. The molecule has 1 amide bonds. The lowest BCUT2D eigenvalue weighted by atomic mass is 9.54. The summed E-state index contributed by atoms with van der Waals surface area (Å²) in [6.07, 6.45) is 7.00. The van der Waals surface area contributed by atoms with Gasteiger partial charge in [-0.05, 0) is 91.5 Å². The maximum atomic E-state index is 14.4. The highest BCUT2D eigenvalue weighted by Gasteiger charge is 2.58. The molecule has 33 heavy (non-hydrogen) atoms. The molecule has 1 N–H and O–H groups in total. The van der Waals surface area contributed by atoms with Crippen LogP contribution in [-0.4, -0.2) is 16.7 Å². The average molecular weight is 453 g/mol. The number of nitrogens with zero attached hydrogens (tertiary/aromatic N) is 1. The van der Waals surface area contributed by atoms with E-state index in [1.54, 1.807) is 6.07 Å². The number of hydrogen-bond donors (Lipinski definition) is 1. The summed E-state index contributed by atoms with van der Waals surface area (Å²) in [6.45, 7) is 2.14. The number of anilines is 1. The fourth-order valence-corrected chi connectivity index (χ4v) is 7.08. The zero-order chi connectivity index (χ0) is 23.2. The zero-order valence-corrected chi connectivity index (χ0v) is 18.9. The van der Waals surface area contributed by atoms with Crippen molar-refractivity contribution < 1.29 is 18.4 Å². The second-order valence-electron chi connectivity index (χ2n) is 10.3. The number of ketones is 1. The minimum atomic E-state index is -0.444. The molecule has 0 aliphatic heterocycles. The van der Waals surface area contributed by atoms with Crippen LogP contribution in [0.1, 0.15) is 68.9 Å². The maximum absolute atomic E-state index is 14.4. The van der Waals surface area contributed by atoms with Gasteiger partial charge in [-0.15, -0.1) is 0 Å². The third-order valence-corrected chi connectivity index (χ3v) is 8.54. The minimum Gasteiger partial charge on any atom is -0.311 e. The van der Waals surface area contributed by atoms with Gasteiger partial charge in [0.15, 0.2) is 0 Å². The number of rotatable bonds is 5. The molecule has 4 nitrogen and oxygen atoms in total. The Balaban J connectivity index is 1.27. The van der Waals surface area contributed by atoms with E-state index in [4.69, 9.17) is 0 Å². The Bertz CT molecular complexity index is 1070. The van der Waals surface area contributed by atoms with E-state index in [0.717, 1.165) is 49.4 Å². The molecular weight excluding hydrogens is 422 g/mol. The van der Waals surface area contributed by atoms with Gasteiger partial charge in [0.25, 0.3) is 0 Å². The third-order valence-electron chi connectivity index (χ3n) is 8.54. The Labute approximate surface area is 193 Å². The van der Waals surface area contributed by atoms with Gasteiger partial charge in [-0.25, -0.2) is 13.8 Å². The molecule has 5 atom stereocenters. The van der Waals surface area contributed by atoms with Crippen LogP contribution in [0.4, 0.5) is 14.6 Å². The summed E-state index contributed by atoms with van der Waals surface area (Å²) in [5.74, 6) is 1.29. The van der Waals surface area contributed by atoms with Gasteiger partial charge in [-0.1, -0.05) is 19.1 Å². The normalized spacial score (nSPS) is 30.3. The molecule has 1 aromatic heterocycles. The number of Topliss-reactive ketones (excluding diaryl/α,β-unsaturated/α-hetero) is 1. The second kappa shape index (κ2) is 8.62. The summed E-state index contributed by atoms with van der Waals surface area (Å²) in [5, 5.41) is 2.71. The number of benzene rings is 1. The highest BCUT2D eigenvalue weighted by molar-refractivity contribution is 5.89. The molecule has 0 saturated heterocycles. The van der Waals surface area contributed by atoms with Crippen LogP contribution in [0.15, 0.2) is 36.5 Å². The predicted molar refractivity (Wildman–Crippen MR) is 122 cm³/mol. The van der Waals surface area contributed by atoms with Gasteiger partial charge >= 0.3 is 0 Å². The first-order chi connectivity index (χ1) is 15.9. The summed E-state index contributed by atoms with van der Waals surface area (Å²) in [5.41, 5.74) is 1.73. The lowest BCUT2D eigenvalue weighted by Crippen LogP contribution is -2.44. The van der Waals surface area contributed by atoms with Crippen LogP contribution >= 0.6 is 0 Å². The molecule has 3 aliphatic carbocycles. The first-order valence-electron chi connectivity index (χ1n) is 12.1. The quantitative estimate of drug-likeness (QED) is 0.622. The van der Waals surface area contributed by atoms with E-state index < -0.39 is 5.82 Å². The van der Waals surface area contributed by atoms with Gasteiger partial charge in [-0.2, -0.15) is 0 Å². The van der Waals surface area contributed by atoms with Gasteiger partial charge in [-0.3, -0.25) is 9.59 Å². The average Bonchev–Trinajstić information content (AvgIpc) is 3.05. The number of hydrogen-bond acceptors (Lipinski definition) is 3. The van der Waals surface area contributed by atoms with Crippen LogP contribution in [0.25, 0.3) is 0 Å². The Morgan fingerprint density at radius 2 is 2.06 bits per heavy atom. The first kappa shape index (κ1) is 22.2. The number of carbonyl (C=O) groups is 2. The Kier molecular flexibility index (Phi) is 5.79. The van der Waals surface area contributed by atoms with Gasteiger partial charge < -0.3 is 5.32 Å². The highest BCUT2D eigenvalue weighted by Crippen LogP contribution is 2.62. The Morgan fingerprint density at radius 3 is 2.85 bits per heavy atom. The fourth-order valence-electron chi connectivity index (χ4n) is 7.08. The molecule has 2 saturated carbocycles. The van der Waals surface area contributed by atoms with Crippen LogP contribution in [0.5, 0.6) is 0 Å². The van der Waals surface area contributed by atoms with E-state index in [9.17, 15) is 18.4 Å². The molecule has 1 aromatic carbocycles. The van der Waals surface area contributed by atoms with Crippen molar-refractivity contribution in [3.63, 3.8) is 0 Å². The van der Waals surface area contributed by atoms with Gasteiger partial charge in [0, 0.05) is 18.3 Å². The van der Waals surface area contributed by atoms with E-state index in [-0.39, 0.29) is 23.1 Å². The van der Waals surface area contributed by atoms with Crippen molar-refractivity contribution in [3.8, 4) is 0 Å². The minimum absolute atomic E-state index is 0.0972. The lowest BCUT2D eigenvalue weighted by Gasteiger charge is -2.50. The molecule has 1 heterocycles. The number of halogens is 2. The molecule has 3 aliphatic rings. The molecule has 6 heteroatoms. The number of fused-ring (bicyclic) bond motifs is 5. The van der Waals surface area contributed by atoms with Gasteiger partial charge in [0.2, 0.25) is 5.91 Å². The van der Waals surface area contributed by atoms with E-state index in [2.05, 4.69) is 23.3 Å². The van der Waals surface area contributed by atoms with Crippen LogP contribution in [0, 0.1) is 34.8 Å². The van der Waals surface area contributed by atoms with Gasteiger partial charge in [0.05, 0.1) is 6.20 Å². The standard InChI is InChI=1S/C27H30F2N2O2/c1-27-13-12-19-18-5-3-6-22(29)20(18)9-10-21(19)26(27)16(14-23(27)32)4-2-7-25(33)31-24-11-8-17(28)15-30-24/h3,5-6,8,11,15-16,19,21,26H,2,4,7,9-10,12-14H2,1H3,(H,30,31,33)/t16-,19?,21?,26?,27-/m1/s1. The molecule has 0 spiro atoms. The summed E-state index contributed by atoms with van der Waals surface area (Å²) >= 11 is 0. The van der Waals surface area contributed by atoms with E-state index >= 15 is 0 Å². The fraction of sp³-hybridized carbons (Fsp3) is 0.519. The zero-order valence-electron chi connectivity index (χ0n) is 18.9. The van der Waals surface area contributed by atoms with Gasteiger partial charge in [0.1, 0.15) is 23.2 Å². The Morgan fingerprint density at radius 1 is 1.21 bits per heavy atom. The molecule has 2 fully saturated rings. The van der Waals surface area contributed by atoms with Crippen molar-refractivity contribution in [1.82, 2.24) is 4.98 Å². The van der Waals surface area contributed by atoms with Crippen molar-refractivity contribution >= 4 is 17.5 Å². The van der Waals surface area contributed by atoms with E-state index in [1.165, 1.54) is 12.1 Å². The predicted octanol–water partition coefficient (Wildman–Crippen LogP) is 5.82. The molecule has 174 valence electrons. The lowest BCUT2D eigenvalue weighted by molar-refractivity contribution is -0.129. The van der Waals surface area contributed by atoms with E-state index in [1.807, 2.05) is 6.07 Å². The maximum Gasteiger partial charge on any atom is 0.225 e. The molecular formula is C27H30F2N2O2. The molecule has 2 aromatic rings. The Hall–Kier alpha value is -2.63. The molecule has 0 bridgehead atoms. The summed E-state index contributed by atoms with van der Waals surface area (Å²) in [4.78, 5) is 29.3. The molecule has 3 unspecified atom stereocenters. The van der Waals surface area contributed by atoms with Crippen LogP contribution in [-0.2, 0) is 16.0 Å². The molecule has 0 radical (unpaired) electrons. The monoisotopic (exact) mass is 452 g/mol. The highest BCUT2D eigenvalue weighted by atomic mass is 19.1. The summed E-state index contributed by atoms with van der Waals surface area (Å²) in [7, 11) is 0. The van der Waals surface area contributed by atoms with Crippen molar-refractivity contribution in [3.05, 3.63) is 59.3 Å². The van der Waals surface area contributed by atoms with Crippen molar-refractivity contribution in [1.29, 1.82) is 0 Å². The third kappa shape index (κ3) is 3.98. The molecule has 5 rings (SSSR count). The largest absolute Gasteiger partial charge is 0.311 e. The van der Waals surface area contributed by atoms with Crippen LogP contribution < -0.4 is 5.32 Å². The first-order valence-corrected chi connectivity index (χ1v) is 12.1. The smallest absolute Gasteiger partial charge is 0.225 e. The van der Waals surface area contributed by atoms with Crippen molar-refractivity contribution in [2.45, 2.75) is 64.2 Å². The van der Waals surface area contributed by atoms with Crippen molar-refractivity contribution in [2.24, 2.45) is 23.2 Å². The number of aromatic nitrogens is 1. The number of amides is 1. The van der Waals surface area contributed by atoms with E-state index in [0.29, 0.717) is 48.6 Å². The topological polar surface area (TPSA) is 59.1 Å². The summed E-state index contributed by atoms with van der Waals surface area (Å²) < 4.78 is 27.4. The van der Waals surface area contributed by atoms with Crippen LogP contribution in [0.2, 0.25) is 0 Å². The van der Waals surface area contributed by atoms with Crippen molar-refractivity contribution in [2.75, 3.05) is 5.32 Å². The SMILES string of the molecule is C[C@]12CCC3c4cccc(F)c4CCC3C1[C@H](CCCC(=O)Nc1ccc(F)cn1)CC2=O. The van der Waals surface area contributed by atoms with Crippen LogP contribution in [0.3, 0.4) is 0 Å². The summed E-state index contributed by atoms with van der Waals surface area (Å²) in [6, 6.07) is 8.16. The number of carbonyl (C=O) groups excluding carboxylic acids is 2.